The van der Waals surface area contributed by atoms with E-state index in [1.165, 1.54) is 5.56 Å². The number of methoxy groups -OCH3 is 1. The first-order valence-corrected chi connectivity index (χ1v) is 11.1. The number of pyridine rings is 1. The maximum absolute atomic E-state index is 10.1. The summed E-state index contributed by atoms with van der Waals surface area (Å²) in [5.41, 5.74) is 5.22. The highest BCUT2D eigenvalue weighted by atomic mass is 79.9. The Balaban J connectivity index is 1.58. The fourth-order valence-corrected chi connectivity index (χ4v) is 4.19. The van der Waals surface area contributed by atoms with E-state index in [1.807, 2.05) is 6.07 Å². The maximum atomic E-state index is 10.1. The molecule has 0 atom stereocenters. The number of halogens is 1. The number of phenols is 1. The summed E-state index contributed by atoms with van der Waals surface area (Å²) in [6.45, 7) is 1.59. The summed E-state index contributed by atoms with van der Waals surface area (Å²) >= 11 is 5.12. The molecular formula is C23H21BrN2O2S. The lowest BCUT2D eigenvalue weighted by Crippen LogP contribution is -2.17. The van der Waals surface area contributed by atoms with Crippen molar-refractivity contribution < 1.29 is 9.84 Å². The van der Waals surface area contributed by atoms with Gasteiger partial charge < -0.3 is 15.2 Å². The molecule has 29 heavy (non-hydrogen) atoms. The maximum Gasteiger partial charge on any atom is 0.161 e. The molecule has 0 fully saturated rings. The summed E-state index contributed by atoms with van der Waals surface area (Å²) < 4.78 is 6.35. The Morgan fingerprint density at radius 2 is 1.97 bits per heavy atom. The molecule has 0 radical (unpaired) electrons. The minimum Gasteiger partial charge on any atom is -0.504 e. The molecule has 0 saturated heterocycles. The van der Waals surface area contributed by atoms with Gasteiger partial charge in [0, 0.05) is 33.4 Å². The average molecular weight is 469 g/mol. The Morgan fingerprint density at radius 3 is 2.69 bits per heavy atom. The third-order valence-electron chi connectivity index (χ3n) is 4.81. The second-order valence-electron chi connectivity index (χ2n) is 6.78. The zero-order valence-electron chi connectivity index (χ0n) is 16.0. The van der Waals surface area contributed by atoms with E-state index in [0.717, 1.165) is 45.2 Å². The minimum atomic E-state index is 0.101. The topological polar surface area (TPSA) is 54.4 Å². The molecule has 0 aliphatic heterocycles. The number of nitrogens with one attached hydrogen (secondary N) is 1. The fourth-order valence-electron chi connectivity index (χ4n) is 3.29. The van der Waals surface area contributed by atoms with Crippen LogP contribution in [0.2, 0.25) is 0 Å². The van der Waals surface area contributed by atoms with Crippen molar-refractivity contribution >= 4 is 38.2 Å². The van der Waals surface area contributed by atoms with Crippen LogP contribution in [-0.4, -0.2) is 23.7 Å². The predicted molar refractivity (Wildman–Crippen MR) is 123 cm³/mol. The van der Waals surface area contributed by atoms with Crippen LogP contribution in [0.25, 0.3) is 22.2 Å². The first-order valence-electron chi connectivity index (χ1n) is 9.32. The molecule has 4 rings (SSSR count). The van der Waals surface area contributed by atoms with Crippen LogP contribution in [0.5, 0.6) is 11.5 Å². The van der Waals surface area contributed by atoms with Crippen LogP contribution >= 0.6 is 27.3 Å². The number of aromatic hydroxyl groups is 1. The average Bonchev–Trinajstić information content (AvgIpc) is 3.26. The number of hydrogen-bond donors (Lipinski definition) is 2. The molecule has 0 bridgehead atoms. The Hall–Kier alpha value is -2.41. The number of ether oxygens (including phenoxy) is 1. The molecule has 0 aliphatic rings. The summed E-state index contributed by atoms with van der Waals surface area (Å²) in [7, 11) is 1.55. The summed E-state index contributed by atoms with van der Waals surface area (Å²) in [4.78, 5) is 4.85. The lowest BCUT2D eigenvalue weighted by Gasteiger charge is -2.13. The first kappa shape index (κ1) is 19.9. The van der Waals surface area contributed by atoms with E-state index in [9.17, 15) is 5.11 Å². The highest BCUT2D eigenvalue weighted by Gasteiger charge is 2.12. The summed E-state index contributed by atoms with van der Waals surface area (Å²) in [6.07, 6.45) is 0.962. The molecule has 0 saturated carbocycles. The Labute approximate surface area is 182 Å². The van der Waals surface area contributed by atoms with Crippen molar-refractivity contribution in [1.82, 2.24) is 10.3 Å². The highest BCUT2D eigenvalue weighted by molar-refractivity contribution is 9.10. The van der Waals surface area contributed by atoms with Crippen molar-refractivity contribution in [3.8, 4) is 22.8 Å². The van der Waals surface area contributed by atoms with E-state index in [1.54, 1.807) is 24.5 Å². The van der Waals surface area contributed by atoms with Crippen LogP contribution in [0.15, 0.2) is 63.8 Å². The van der Waals surface area contributed by atoms with Gasteiger partial charge in [-0.1, -0.05) is 28.1 Å². The number of benzene rings is 2. The molecular weight excluding hydrogens is 448 g/mol. The normalized spacial score (nSPS) is 11.1. The summed E-state index contributed by atoms with van der Waals surface area (Å²) in [6, 6.07) is 16.1. The van der Waals surface area contributed by atoms with Crippen LogP contribution in [0.1, 0.15) is 11.1 Å². The van der Waals surface area contributed by atoms with Crippen LogP contribution in [0.4, 0.5) is 0 Å². The van der Waals surface area contributed by atoms with Gasteiger partial charge >= 0.3 is 0 Å². The lowest BCUT2D eigenvalue weighted by molar-refractivity contribution is 0.374. The Morgan fingerprint density at radius 1 is 1.14 bits per heavy atom. The van der Waals surface area contributed by atoms with Gasteiger partial charge in [-0.3, -0.25) is 0 Å². The molecule has 0 amide bonds. The second-order valence-corrected chi connectivity index (χ2v) is 8.47. The Bertz CT molecular complexity index is 1110. The SMILES string of the molecule is COc1cc2cc(CNCCc3ccc(Br)cc3)c(-c3ccsc3)nc2cc1O. The molecule has 2 heterocycles. The van der Waals surface area contributed by atoms with Gasteiger partial charge in [-0.25, -0.2) is 4.98 Å². The monoisotopic (exact) mass is 468 g/mol. The van der Waals surface area contributed by atoms with Crippen molar-refractivity contribution in [1.29, 1.82) is 0 Å². The summed E-state index contributed by atoms with van der Waals surface area (Å²) in [5.74, 6) is 0.556. The molecule has 4 nitrogen and oxygen atoms in total. The highest BCUT2D eigenvalue weighted by Crippen LogP contribution is 2.34. The summed E-state index contributed by atoms with van der Waals surface area (Å²) in [5, 5.41) is 18.8. The largest absolute Gasteiger partial charge is 0.504 e. The molecule has 2 aromatic heterocycles. The van der Waals surface area contributed by atoms with Gasteiger partial charge in [0.25, 0.3) is 0 Å². The third-order valence-corrected chi connectivity index (χ3v) is 6.02. The van der Waals surface area contributed by atoms with Crippen molar-refractivity contribution in [3.63, 3.8) is 0 Å². The van der Waals surface area contributed by atoms with Gasteiger partial charge in [0.2, 0.25) is 0 Å². The van der Waals surface area contributed by atoms with E-state index in [2.05, 4.69) is 68.4 Å². The van der Waals surface area contributed by atoms with Crippen LogP contribution in [0.3, 0.4) is 0 Å². The van der Waals surface area contributed by atoms with E-state index < -0.39 is 0 Å². The molecule has 0 unspecified atom stereocenters. The second kappa shape index (κ2) is 8.95. The van der Waals surface area contributed by atoms with E-state index >= 15 is 0 Å². The number of phenolic OH excluding ortho intramolecular Hbond substituents is 1. The van der Waals surface area contributed by atoms with Crippen LogP contribution in [0, 0.1) is 0 Å². The van der Waals surface area contributed by atoms with Gasteiger partial charge in [0.15, 0.2) is 11.5 Å². The van der Waals surface area contributed by atoms with Gasteiger partial charge in [-0.2, -0.15) is 11.3 Å². The first-order chi connectivity index (χ1) is 14.1. The van der Waals surface area contributed by atoms with Crippen molar-refractivity contribution in [2.75, 3.05) is 13.7 Å². The van der Waals surface area contributed by atoms with Crippen LogP contribution < -0.4 is 10.1 Å². The van der Waals surface area contributed by atoms with E-state index in [0.29, 0.717) is 12.3 Å². The Kier molecular flexibility index (Phi) is 6.13. The lowest BCUT2D eigenvalue weighted by atomic mass is 10.0. The zero-order valence-corrected chi connectivity index (χ0v) is 18.4. The number of rotatable bonds is 7. The standard InChI is InChI=1S/C23H21BrN2O2S/c1-28-22-11-17-10-18(13-25-8-6-15-2-4-19(24)5-3-15)23(16-7-9-29-14-16)26-20(17)12-21(22)27/h2-5,7,9-12,14,25,27H,6,8,13H2,1H3. The van der Waals surface area contributed by atoms with E-state index in [4.69, 9.17) is 9.72 Å². The zero-order chi connectivity index (χ0) is 20.2. The quantitative estimate of drug-likeness (QED) is 0.338. The van der Waals surface area contributed by atoms with Gasteiger partial charge in [0.1, 0.15) is 0 Å². The van der Waals surface area contributed by atoms with Crippen molar-refractivity contribution in [3.05, 3.63) is 74.9 Å². The fraction of sp³-hybridized carbons (Fsp3) is 0.174. The molecule has 6 heteroatoms. The number of thiophene rings is 1. The van der Waals surface area contributed by atoms with Gasteiger partial charge in [-0.05, 0) is 59.8 Å². The molecule has 0 aliphatic carbocycles. The molecule has 2 N–H and O–H groups in total. The number of hydrogen-bond acceptors (Lipinski definition) is 5. The van der Waals surface area contributed by atoms with Gasteiger partial charge in [0.05, 0.1) is 18.3 Å². The smallest absolute Gasteiger partial charge is 0.161 e. The van der Waals surface area contributed by atoms with E-state index in [-0.39, 0.29) is 5.75 Å². The van der Waals surface area contributed by atoms with Crippen molar-refractivity contribution in [2.24, 2.45) is 0 Å². The molecule has 0 spiro atoms. The number of aromatic nitrogens is 1. The van der Waals surface area contributed by atoms with Gasteiger partial charge in [-0.15, -0.1) is 0 Å². The molecule has 4 aromatic rings. The molecule has 148 valence electrons. The van der Waals surface area contributed by atoms with Crippen LogP contribution in [-0.2, 0) is 13.0 Å². The minimum absolute atomic E-state index is 0.101. The number of nitrogens with zero attached hydrogens (tertiary/aromatic N) is 1. The molecule has 2 aromatic carbocycles. The number of fused-ring (bicyclic) bond motifs is 1. The predicted octanol–water partition coefficient (Wildman–Crippen LogP) is 5.77. The third kappa shape index (κ3) is 4.61. The van der Waals surface area contributed by atoms with Crippen molar-refractivity contribution in [2.45, 2.75) is 13.0 Å².